The fourth-order valence-corrected chi connectivity index (χ4v) is 3.14. The number of likely N-dealkylation sites (tertiary alicyclic amines) is 1. The van der Waals surface area contributed by atoms with E-state index in [1.807, 2.05) is 7.11 Å². The fourth-order valence-electron chi connectivity index (χ4n) is 3.14. The number of rotatable bonds is 7. The van der Waals surface area contributed by atoms with Gasteiger partial charge in [0.05, 0.1) is 5.60 Å². The maximum absolute atomic E-state index is 5.55. The number of nitrogens with one attached hydrogen (secondary N) is 1. The number of hydrogen-bond acceptors (Lipinski definition) is 3. The molecule has 0 bridgehead atoms. The van der Waals surface area contributed by atoms with Crippen LogP contribution in [-0.2, 0) is 4.74 Å². The minimum absolute atomic E-state index is 0.0208. The highest BCUT2D eigenvalue weighted by atomic mass is 16.5. The van der Waals surface area contributed by atoms with Gasteiger partial charge in [-0.15, -0.1) is 0 Å². The lowest BCUT2D eigenvalue weighted by Gasteiger charge is -2.46. The summed E-state index contributed by atoms with van der Waals surface area (Å²) in [5, 5.41) is 3.54. The molecule has 1 atom stereocenters. The van der Waals surface area contributed by atoms with Crippen LogP contribution in [0, 0.1) is 0 Å². The van der Waals surface area contributed by atoms with Crippen molar-refractivity contribution in [2.45, 2.75) is 77.0 Å². The largest absolute Gasteiger partial charge is 0.379 e. The fraction of sp³-hybridized carbons (Fsp3) is 1.00. The summed E-state index contributed by atoms with van der Waals surface area (Å²) in [5.74, 6) is 0. The van der Waals surface area contributed by atoms with Crippen molar-refractivity contribution >= 4 is 0 Å². The Labute approximate surface area is 120 Å². The molecule has 3 heteroatoms. The topological polar surface area (TPSA) is 24.5 Å². The molecule has 0 radical (unpaired) electrons. The van der Waals surface area contributed by atoms with Crippen LogP contribution in [0.25, 0.3) is 0 Å². The molecule has 0 amide bonds. The number of likely N-dealkylation sites (N-methyl/N-ethyl adjacent to an activating group) is 1. The minimum atomic E-state index is -0.0208. The predicted molar refractivity (Wildman–Crippen MR) is 82.7 cm³/mol. The van der Waals surface area contributed by atoms with E-state index in [1.165, 1.54) is 32.4 Å². The molecule has 0 spiro atoms. The average Bonchev–Trinajstić information content (AvgIpc) is 2.40. The van der Waals surface area contributed by atoms with Crippen LogP contribution in [-0.4, -0.2) is 49.3 Å². The summed E-state index contributed by atoms with van der Waals surface area (Å²) in [6.45, 7) is 11.6. The predicted octanol–water partition coefficient (Wildman–Crippen LogP) is 3.04. The summed E-state index contributed by atoms with van der Waals surface area (Å²) in [5.41, 5.74) is 0.200. The second kappa shape index (κ2) is 7.05. The van der Waals surface area contributed by atoms with Crippen LogP contribution in [0.4, 0.5) is 0 Å². The van der Waals surface area contributed by atoms with Crippen molar-refractivity contribution in [1.82, 2.24) is 10.2 Å². The zero-order valence-electron chi connectivity index (χ0n) is 13.9. The number of piperidine rings is 1. The van der Waals surface area contributed by atoms with Crippen LogP contribution >= 0.6 is 0 Å². The van der Waals surface area contributed by atoms with Crippen molar-refractivity contribution in [2.24, 2.45) is 0 Å². The van der Waals surface area contributed by atoms with Gasteiger partial charge in [0, 0.05) is 18.7 Å². The Hall–Kier alpha value is -0.120. The van der Waals surface area contributed by atoms with Crippen molar-refractivity contribution in [3.63, 3.8) is 0 Å². The van der Waals surface area contributed by atoms with Crippen LogP contribution in [0.5, 0.6) is 0 Å². The monoisotopic (exact) mass is 270 g/mol. The van der Waals surface area contributed by atoms with Crippen LogP contribution < -0.4 is 5.32 Å². The van der Waals surface area contributed by atoms with Gasteiger partial charge in [-0.05, 0) is 73.5 Å². The standard InChI is InChI=1S/C16H34N2O/c1-15(2,19-6)11-10-14(17-5)16(3,4)18-12-8-7-9-13-18/h14,17H,7-13H2,1-6H3. The molecule has 1 fully saturated rings. The molecule has 0 aromatic heterocycles. The molecule has 1 N–H and O–H groups in total. The third-order valence-electron chi connectivity index (χ3n) is 4.96. The van der Waals surface area contributed by atoms with Crippen molar-refractivity contribution in [3.8, 4) is 0 Å². The number of hydrogen-bond donors (Lipinski definition) is 1. The molecule has 0 aromatic rings. The second-order valence-electron chi connectivity index (χ2n) is 7.05. The number of methoxy groups -OCH3 is 1. The summed E-state index contributed by atoms with van der Waals surface area (Å²) < 4.78 is 5.55. The third kappa shape index (κ3) is 4.73. The molecule has 1 aliphatic rings. The van der Waals surface area contributed by atoms with Crippen LogP contribution in [0.3, 0.4) is 0 Å². The quantitative estimate of drug-likeness (QED) is 0.769. The smallest absolute Gasteiger partial charge is 0.0623 e. The van der Waals surface area contributed by atoms with Crippen LogP contribution in [0.15, 0.2) is 0 Å². The molecule has 1 rings (SSSR count). The maximum Gasteiger partial charge on any atom is 0.0623 e. The van der Waals surface area contributed by atoms with Gasteiger partial charge < -0.3 is 10.1 Å². The van der Waals surface area contributed by atoms with E-state index in [0.29, 0.717) is 6.04 Å². The molecule has 1 saturated heterocycles. The van der Waals surface area contributed by atoms with Gasteiger partial charge in [-0.1, -0.05) is 6.42 Å². The van der Waals surface area contributed by atoms with Crippen LogP contribution in [0.1, 0.15) is 59.8 Å². The minimum Gasteiger partial charge on any atom is -0.379 e. The zero-order chi connectivity index (χ0) is 14.5. The van der Waals surface area contributed by atoms with E-state index >= 15 is 0 Å². The molecule has 19 heavy (non-hydrogen) atoms. The lowest BCUT2D eigenvalue weighted by molar-refractivity contribution is 0.00142. The highest BCUT2D eigenvalue weighted by molar-refractivity contribution is 4.94. The lowest BCUT2D eigenvalue weighted by Crippen LogP contribution is -2.58. The van der Waals surface area contributed by atoms with E-state index in [0.717, 1.165) is 12.8 Å². The van der Waals surface area contributed by atoms with E-state index in [2.05, 4.69) is 45.0 Å². The number of nitrogens with zero attached hydrogens (tertiary/aromatic N) is 1. The summed E-state index contributed by atoms with van der Waals surface area (Å²) in [6, 6.07) is 0.514. The molecular formula is C16H34N2O. The van der Waals surface area contributed by atoms with E-state index < -0.39 is 0 Å². The Morgan fingerprint density at radius 1 is 1.11 bits per heavy atom. The highest BCUT2D eigenvalue weighted by Gasteiger charge is 2.35. The van der Waals surface area contributed by atoms with Gasteiger partial charge in [0.1, 0.15) is 0 Å². The molecule has 0 aromatic carbocycles. The summed E-state index contributed by atoms with van der Waals surface area (Å²) in [6.07, 6.45) is 6.34. The lowest BCUT2D eigenvalue weighted by atomic mass is 9.85. The summed E-state index contributed by atoms with van der Waals surface area (Å²) >= 11 is 0. The Bertz CT molecular complexity index is 257. The maximum atomic E-state index is 5.55. The Balaban J connectivity index is 2.60. The summed E-state index contributed by atoms with van der Waals surface area (Å²) in [4.78, 5) is 2.66. The first-order valence-electron chi connectivity index (χ1n) is 7.81. The van der Waals surface area contributed by atoms with E-state index in [4.69, 9.17) is 4.74 Å². The first kappa shape index (κ1) is 16.9. The average molecular weight is 270 g/mol. The van der Waals surface area contributed by atoms with Gasteiger partial charge >= 0.3 is 0 Å². The van der Waals surface area contributed by atoms with Gasteiger partial charge in [0.15, 0.2) is 0 Å². The van der Waals surface area contributed by atoms with Gasteiger partial charge in [-0.25, -0.2) is 0 Å². The van der Waals surface area contributed by atoms with Crippen molar-refractivity contribution in [1.29, 1.82) is 0 Å². The van der Waals surface area contributed by atoms with Crippen LogP contribution in [0.2, 0.25) is 0 Å². The molecule has 0 aliphatic carbocycles. The normalized spacial score (nSPS) is 20.5. The zero-order valence-corrected chi connectivity index (χ0v) is 13.9. The molecule has 3 nitrogen and oxygen atoms in total. The first-order valence-corrected chi connectivity index (χ1v) is 7.81. The SMILES string of the molecule is CNC(CCC(C)(C)OC)C(C)(C)N1CCCCC1. The first-order chi connectivity index (χ1) is 8.83. The third-order valence-corrected chi connectivity index (χ3v) is 4.96. The molecule has 1 heterocycles. The van der Waals surface area contributed by atoms with Crippen molar-refractivity contribution in [2.75, 3.05) is 27.2 Å². The molecule has 0 saturated carbocycles. The Morgan fingerprint density at radius 3 is 2.16 bits per heavy atom. The number of ether oxygens (including phenoxy) is 1. The molecule has 114 valence electrons. The van der Waals surface area contributed by atoms with Crippen molar-refractivity contribution in [3.05, 3.63) is 0 Å². The molecule has 1 aliphatic heterocycles. The van der Waals surface area contributed by atoms with E-state index in [9.17, 15) is 0 Å². The van der Waals surface area contributed by atoms with E-state index in [1.54, 1.807) is 0 Å². The van der Waals surface area contributed by atoms with Crippen molar-refractivity contribution < 1.29 is 4.74 Å². The van der Waals surface area contributed by atoms with Gasteiger partial charge in [-0.3, -0.25) is 4.90 Å². The highest BCUT2D eigenvalue weighted by Crippen LogP contribution is 2.28. The molecular weight excluding hydrogens is 236 g/mol. The van der Waals surface area contributed by atoms with Gasteiger partial charge in [0.2, 0.25) is 0 Å². The summed E-state index contributed by atoms with van der Waals surface area (Å²) in [7, 11) is 3.90. The van der Waals surface area contributed by atoms with Gasteiger partial charge in [0.25, 0.3) is 0 Å². The Morgan fingerprint density at radius 2 is 1.68 bits per heavy atom. The van der Waals surface area contributed by atoms with E-state index in [-0.39, 0.29) is 11.1 Å². The molecule has 1 unspecified atom stereocenters. The Kier molecular flexibility index (Phi) is 6.28. The van der Waals surface area contributed by atoms with Gasteiger partial charge in [-0.2, -0.15) is 0 Å². The second-order valence-corrected chi connectivity index (χ2v) is 7.05.